The Kier molecular flexibility index (Phi) is 4.72. The lowest BCUT2D eigenvalue weighted by Gasteiger charge is -2.13. The standard InChI is InChI=1S/C27H22BrN3O/c28-17-9-10-24-20(13-17)22(27(32)31-24)15-26-21(19-7-3-4-8-23(19)30-26)14-25-18-6-2-1-5-16(18)11-12-29-25/h1-2,5-6,9-13,15,30H,3-4,7-8,14H2,(H,31,32). The molecule has 0 spiro atoms. The predicted octanol–water partition coefficient (Wildman–Crippen LogP) is 6.29. The van der Waals surface area contributed by atoms with E-state index < -0.39 is 0 Å². The summed E-state index contributed by atoms with van der Waals surface area (Å²) in [6.07, 6.45) is 9.21. The zero-order valence-electron chi connectivity index (χ0n) is 17.5. The van der Waals surface area contributed by atoms with Gasteiger partial charge in [-0.15, -0.1) is 0 Å². The summed E-state index contributed by atoms with van der Waals surface area (Å²) in [7, 11) is 0. The van der Waals surface area contributed by atoms with E-state index >= 15 is 0 Å². The number of aryl methyl sites for hydroxylation is 1. The number of carbonyl (C=O) groups excluding carboxylic acids is 1. The van der Waals surface area contributed by atoms with E-state index in [-0.39, 0.29) is 5.91 Å². The van der Waals surface area contributed by atoms with E-state index in [1.165, 1.54) is 40.4 Å². The molecule has 0 fully saturated rings. The third kappa shape index (κ3) is 3.28. The molecular formula is C27H22BrN3O. The minimum Gasteiger partial charge on any atom is -0.358 e. The number of hydrogen-bond acceptors (Lipinski definition) is 2. The van der Waals surface area contributed by atoms with Crippen LogP contribution in [0.4, 0.5) is 5.69 Å². The van der Waals surface area contributed by atoms with Crippen molar-refractivity contribution in [3.8, 4) is 0 Å². The Labute approximate surface area is 194 Å². The van der Waals surface area contributed by atoms with Gasteiger partial charge in [0.2, 0.25) is 0 Å². The minimum absolute atomic E-state index is 0.0556. The largest absolute Gasteiger partial charge is 0.358 e. The van der Waals surface area contributed by atoms with Crippen molar-refractivity contribution in [2.75, 3.05) is 5.32 Å². The van der Waals surface area contributed by atoms with Crippen molar-refractivity contribution in [3.05, 3.63) is 93.0 Å². The van der Waals surface area contributed by atoms with Crippen molar-refractivity contribution in [1.29, 1.82) is 0 Å². The summed E-state index contributed by atoms with van der Waals surface area (Å²) in [6.45, 7) is 0. The number of halogens is 1. The number of H-pyrrole nitrogens is 1. The van der Waals surface area contributed by atoms with Crippen LogP contribution in [0.5, 0.6) is 0 Å². The van der Waals surface area contributed by atoms with Crippen LogP contribution in [0.1, 0.15) is 46.6 Å². The second kappa shape index (κ2) is 7.75. The maximum atomic E-state index is 12.8. The molecule has 2 aromatic heterocycles. The van der Waals surface area contributed by atoms with Gasteiger partial charge in [-0.05, 0) is 72.5 Å². The van der Waals surface area contributed by atoms with Gasteiger partial charge < -0.3 is 10.3 Å². The third-order valence-corrected chi connectivity index (χ3v) is 7.09. The molecule has 5 heteroatoms. The summed E-state index contributed by atoms with van der Waals surface area (Å²) in [5.74, 6) is -0.0556. The molecule has 1 amide bonds. The predicted molar refractivity (Wildman–Crippen MR) is 133 cm³/mol. The molecule has 1 aliphatic heterocycles. The van der Waals surface area contributed by atoms with Crippen molar-refractivity contribution in [2.45, 2.75) is 32.1 Å². The van der Waals surface area contributed by atoms with Crippen LogP contribution < -0.4 is 5.32 Å². The summed E-state index contributed by atoms with van der Waals surface area (Å²) in [5.41, 5.74) is 8.60. The van der Waals surface area contributed by atoms with Gasteiger partial charge in [0.25, 0.3) is 5.91 Å². The van der Waals surface area contributed by atoms with E-state index in [2.05, 4.69) is 56.6 Å². The number of pyridine rings is 1. The molecule has 0 saturated carbocycles. The molecule has 4 aromatic rings. The Bertz CT molecular complexity index is 1410. The minimum atomic E-state index is -0.0556. The molecule has 3 heterocycles. The second-order valence-electron chi connectivity index (χ2n) is 8.54. The smallest absolute Gasteiger partial charge is 0.256 e. The van der Waals surface area contributed by atoms with Crippen LogP contribution in [-0.2, 0) is 24.1 Å². The Morgan fingerprint density at radius 3 is 2.88 bits per heavy atom. The Morgan fingerprint density at radius 2 is 1.94 bits per heavy atom. The lowest BCUT2D eigenvalue weighted by Crippen LogP contribution is -2.04. The summed E-state index contributed by atoms with van der Waals surface area (Å²) in [6, 6.07) is 16.4. The van der Waals surface area contributed by atoms with Crippen molar-refractivity contribution < 1.29 is 4.79 Å². The highest BCUT2D eigenvalue weighted by Crippen LogP contribution is 2.37. The Hall–Kier alpha value is -3.18. The summed E-state index contributed by atoms with van der Waals surface area (Å²) in [4.78, 5) is 21.2. The number of aromatic nitrogens is 2. The molecule has 2 aliphatic rings. The first-order valence-corrected chi connectivity index (χ1v) is 11.8. The van der Waals surface area contributed by atoms with Gasteiger partial charge in [-0.25, -0.2) is 0 Å². The molecule has 6 rings (SSSR count). The molecule has 0 unspecified atom stereocenters. The van der Waals surface area contributed by atoms with Gasteiger partial charge >= 0.3 is 0 Å². The number of benzene rings is 2. The van der Waals surface area contributed by atoms with E-state index in [1.54, 1.807) is 0 Å². The number of carbonyl (C=O) groups is 1. The summed E-state index contributed by atoms with van der Waals surface area (Å²) < 4.78 is 0.963. The van der Waals surface area contributed by atoms with Crippen LogP contribution in [-0.4, -0.2) is 15.9 Å². The van der Waals surface area contributed by atoms with E-state index in [4.69, 9.17) is 4.98 Å². The van der Waals surface area contributed by atoms with Gasteiger partial charge in [-0.1, -0.05) is 40.2 Å². The number of anilines is 1. The highest BCUT2D eigenvalue weighted by Gasteiger charge is 2.26. The van der Waals surface area contributed by atoms with Crippen molar-refractivity contribution in [3.63, 3.8) is 0 Å². The molecule has 0 atom stereocenters. The number of amides is 1. The molecule has 0 saturated heterocycles. The number of rotatable bonds is 3. The van der Waals surface area contributed by atoms with Gasteiger partial charge in [0.1, 0.15) is 0 Å². The molecule has 32 heavy (non-hydrogen) atoms. The van der Waals surface area contributed by atoms with Gasteiger partial charge in [0.05, 0.1) is 11.3 Å². The number of nitrogens with one attached hydrogen (secondary N) is 2. The van der Waals surface area contributed by atoms with E-state index in [1.807, 2.05) is 30.5 Å². The molecule has 0 bridgehead atoms. The number of aromatic amines is 1. The zero-order chi connectivity index (χ0) is 21.7. The van der Waals surface area contributed by atoms with E-state index in [0.717, 1.165) is 46.4 Å². The maximum Gasteiger partial charge on any atom is 0.256 e. The van der Waals surface area contributed by atoms with Crippen LogP contribution in [0.15, 0.2) is 59.2 Å². The fourth-order valence-electron chi connectivity index (χ4n) is 5.04. The summed E-state index contributed by atoms with van der Waals surface area (Å²) in [5, 5.41) is 5.39. The van der Waals surface area contributed by atoms with Crippen LogP contribution in [0.3, 0.4) is 0 Å². The number of hydrogen-bond donors (Lipinski definition) is 2. The molecule has 2 N–H and O–H groups in total. The van der Waals surface area contributed by atoms with Crippen molar-refractivity contribution in [2.24, 2.45) is 0 Å². The van der Waals surface area contributed by atoms with E-state index in [0.29, 0.717) is 5.57 Å². The third-order valence-electron chi connectivity index (χ3n) is 6.60. The first-order valence-electron chi connectivity index (χ1n) is 11.1. The fourth-order valence-corrected chi connectivity index (χ4v) is 5.40. The molecule has 158 valence electrons. The average molecular weight is 484 g/mol. The van der Waals surface area contributed by atoms with Crippen LogP contribution >= 0.6 is 15.9 Å². The topological polar surface area (TPSA) is 57.8 Å². The van der Waals surface area contributed by atoms with Crippen LogP contribution in [0.25, 0.3) is 22.4 Å². The van der Waals surface area contributed by atoms with Crippen LogP contribution in [0.2, 0.25) is 0 Å². The number of fused-ring (bicyclic) bond motifs is 3. The van der Waals surface area contributed by atoms with Gasteiger partial charge in [-0.3, -0.25) is 9.78 Å². The molecule has 2 aromatic carbocycles. The number of nitrogens with zero attached hydrogens (tertiary/aromatic N) is 1. The zero-order valence-corrected chi connectivity index (χ0v) is 19.1. The van der Waals surface area contributed by atoms with Gasteiger partial charge in [-0.2, -0.15) is 0 Å². The van der Waals surface area contributed by atoms with Crippen molar-refractivity contribution in [1.82, 2.24) is 9.97 Å². The van der Waals surface area contributed by atoms with Crippen molar-refractivity contribution >= 4 is 49.9 Å². The fraction of sp³-hybridized carbons (Fsp3) is 0.185. The Morgan fingerprint density at radius 1 is 1.06 bits per heavy atom. The molecule has 1 aliphatic carbocycles. The Balaban J connectivity index is 1.50. The highest BCUT2D eigenvalue weighted by molar-refractivity contribution is 9.10. The maximum absolute atomic E-state index is 12.8. The first-order chi connectivity index (χ1) is 15.7. The van der Waals surface area contributed by atoms with E-state index in [9.17, 15) is 4.79 Å². The quantitative estimate of drug-likeness (QED) is 0.336. The average Bonchev–Trinajstić information content (AvgIpc) is 3.31. The SMILES string of the molecule is O=C1Nc2ccc(Br)cc2C1=Cc1[nH]c2c(c1Cc1nccc3ccccc13)CCCC2. The van der Waals surface area contributed by atoms with Gasteiger partial charge in [0, 0.05) is 45.1 Å². The first kappa shape index (κ1) is 19.5. The molecule has 4 nitrogen and oxygen atoms in total. The highest BCUT2D eigenvalue weighted by atomic mass is 79.9. The molecule has 0 radical (unpaired) electrons. The normalized spacial score (nSPS) is 16.3. The second-order valence-corrected chi connectivity index (χ2v) is 9.45. The van der Waals surface area contributed by atoms with Gasteiger partial charge in [0.15, 0.2) is 0 Å². The van der Waals surface area contributed by atoms with Crippen LogP contribution in [0, 0.1) is 0 Å². The monoisotopic (exact) mass is 483 g/mol. The lowest BCUT2D eigenvalue weighted by atomic mass is 9.91. The lowest BCUT2D eigenvalue weighted by molar-refractivity contribution is -0.110. The summed E-state index contributed by atoms with van der Waals surface area (Å²) >= 11 is 3.54. The molecular weight excluding hydrogens is 462 g/mol.